The van der Waals surface area contributed by atoms with Gasteiger partial charge in [-0.1, -0.05) is 13.8 Å². The summed E-state index contributed by atoms with van der Waals surface area (Å²) in [7, 11) is 0. The van der Waals surface area contributed by atoms with Crippen LogP contribution in [0.25, 0.3) is 0 Å². The largest absolute Gasteiger partial charge is 0.292 e. The number of nitrogens with zero attached hydrogens (tertiary/aromatic N) is 1. The van der Waals surface area contributed by atoms with Crippen molar-refractivity contribution in [3.63, 3.8) is 0 Å². The second-order valence-corrected chi connectivity index (χ2v) is 3.33. The van der Waals surface area contributed by atoms with Crippen LogP contribution >= 0.6 is 0 Å². The molecule has 1 aromatic heterocycles. The molecule has 0 aromatic carbocycles. The molecule has 0 aliphatic heterocycles. The zero-order valence-corrected chi connectivity index (χ0v) is 7.50. The highest BCUT2D eigenvalue weighted by molar-refractivity contribution is 5.93. The van der Waals surface area contributed by atoms with Gasteiger partial charge in [-0.2, -0.15) is 5.10 Å². The molecule has 0 saturated heterocycles. The highest BCUT2D eigenvalue weighted by Crippen LogP contribution is 2.07. The number of hydrogen-bond donors (Lipinski definition) is 1. The predicted molar refractivity (Wildman–Crippen MR) is 47.0 cm³/mol. The van der Waals surface area contributed by atoms with E-state index in [1.807, 2.05) is 0 Å². The second-order valence-electron chi connectivity index (χ2n) is 3.33. The van der Waals surface area contributed by atoms with Crippen molar-refractivity contribution in [3.8, 4) is 0 Å². The number of Topliss-reactive ketones (excluding diaryl/α,β-unsaturated/α-hetero) is 1. The van der Waals surface area contributed by atoms with Crippen molar-refractivity contribution in [2.45, 2.75) is 26.7 Å². The van der Waals surface area contributed by atoms with Crippen molar-refractivity contribution < 1.29 is 4.79 Å². The lowest BCUT2D eigenvalue weighted by Crippen LogP contribution is -2.01. The van der Waals surface area contributed by atoms with Crippen molar-refractivity contribution >= 4 is 5.78 Å². The number of hydrogen-bond acceptors (Lipinski definition) is 2. The maximum absolute atomic E-state index is 11.3. The Morgan fingerprint density at radius 2 is 2.42 bits per heavy atom. The molecule has 0 aliphatic carbocycles. The SMILES string of the molecule is CC(C)CCC(=O)c1ccn[nH]1. The molecule has 1 rings (SSSR count). The Kier molecular flexibility index (Phi) is 3.02. The number of carbonyl (C=O) groups is 1. The van der Waals surface area contributed by atoms with Crippen molar-refractivity contribution in [1.29, 1.82) is 0 Å². The first-order valence-electron chi connectivity index (χ1n) is 4.22. The molecule has 0 amide bonds. The van der Waals surface area contributed by atoms with E-state index in [4.69, 9.17) is 0 Å². The van der Waals surface area contributed by atoms with E-state index in [1.54, 1.807) is 12.3 Å². The van der Waals surface area contributed by atoms with Crippen LogP contribution in [0.15, 0.2) is 12.3 Å². The molecule has 1 N–H and O–H groups in total. The van der Waals surface area contributed by atoms with Crippen LogP contribution in [0.2, 0.25) is 0 Å². The molecule has 0 radical (unpaired) electrons. The van der Waals surface area contributed by atoms with Crippen LogP contribution in [0, 0.1) is 5.92 Å². The number of aromatic nitrogens is 2. The fraction of sp³-hybridized carbons (Fsp3) is 0.556. The average Bonchev–Trinajstić information content (AvgIpc) is 2.51. The molecule has 0 spiro atoms. The van der Waals surface area contributed by atoms with Gasteiger partial charge in [0.2, 0.25) is 0 Å². The molecule has 3 nitrogen and oxygen atoms in total. The van der Waals surface area contributed by atoms with Gasteiger partial charge in [-0.3, -0.25) is 9.89 Å². The first-order chi connectivity index (χ1) is 5.70. The standard InChI is InChI=1S/C9H14N2O/c1-7(2)3-4-9(12)8-5-6-10-11-8/h5-7H,3-4H2,1-2H3,(H,10,11). The molecule has 0 unspecified atom stereocenters. The molecular formula is C9H14N2O. The smallest absolute Gasteiger partial charge is 0.180 e. The third-order valence-electron chi connectivity index (χ3n) is 1.75. The highest BCUT2D eigenvalue weighted by Gasteiger charge is 2.06. The lowest BCUT2D eigenvalue weighted by atomic mass is 10.0. The Hall–Kier alpha value is -1.12. The van der Waals surface area contributed by atoms with Gasteiger partial charge in [0.05, 0.1) is 0 Å². The van der Waals surface area contributed by atoms with Crippen molar-refractivity contribution in [1.82, 2.24) is 10.2 Å². The second kappa shape index (κ2) is 4.04. The van der Waals surface area contributed by atoms with Gasteiger partial charge in [-0.15, -0.1) is 0 Å². The molecule has 1 heterocycles. The highest BCUT2D eigenvalue weighted by atomic mass is 16.1. The van der Waals surface area contributed by atoms with Crippen molar-refractivity contribution in [2.24, 2.45) is 5.92 Å². The summed E-state index contributed by atoms with van der Waals surface area (Å²) in [6.07, 6.45) is 3.15. The molecule has 0 bridgehead atoms. The first-order valence-corrected chi connectivity index (χ1v) is 4.22. The number of aromatic amines is 1. The molecule has 0 atom stereocenters. The average molecular weight is 166 g/mol. The monoisotopic (exact) mass is 166 g/mol. The number of nitrogens with one attached hydrogen (secondary N) is 1. The van der Waals surface area contributed by atoms with Crippen LogP contribution in [0.4, 0.5) is 0 Å². The number of carbonyl (C=O) groups excluding carboxylic acids is 1. The number of ketones is 1. The van der Waals surface area contributed by atoms with E-state index in [9.17, 15) is 4.79 Å². The quantitative estimate of drug-likeness (QED) is 0.695. The Labute approximate surface area is 72.2 Å². The van der Waals surface area contributed by atoms with Crippen LogP contribution < -0.4 is 0 Å². The van der Waals surface area contributed by atoms with E-state index in [0.29, 0.717) is 18.0 Å². The van der Waals surface area contributed by atoms with Gasteiger partial charge >= 0.3 is 0 Å². The lowest BCUT2D eigenvalue weighted by Gasteiger charge is -2.01. The Morgan fingerprint density at radius 3 is 2.92 bits per heavy atom. The fourth-order valence-corrected chi connectivity index (χ4v) is 0.966. The molecule has 66 valence electrons. The van der Waals surface area contributed by atoms with Crippen LogP contribution in [-0.4, -0.2) is 16.0 Å². The van der Waals surface area contributed by atoms with E-state index < -0.39 is 0 Å². The molecule has 0 fully saturated rings. The van der Waals surface area contributed by atoms with Crippen molar-refractivity contribution in [2.75, 3.05) is 0 Å². The van der Waals surface area contributed by atoms with Gasteiger partial charge in [0, 0.05) is 12.6 Å². The van der Waals surface area contributed by atoms with E-state index in [-0.39, 0.29) is 5.78 Å². The summed E-state index contributed by atoms with van der Waals surface area (Å²) in [5.74, 6) is 0.734. The van der Waals surface area contributed by atoms with E-state index in [0.717, 1.165) is 6.42 Å². The first kappa shape index (κ1) is 8.97. The summed E-state index contributed by atoms with van der Waals surface area (Å²) in [5, 5.41) is 6.39. The minimum atomic E-state index is 0.154. The lowest BCUT2D eigenvalue weighted by molar-refractivity contribution is 0.0970. The number of rotatable bonds is 4. The van der Waals surface area contributed by atoms with E-state index in [1.165, 1.54) is 0 Å². The summed E-state index contributed by atoms with van der Waals surface area (Å²) in [5.41, 5.74) is 0.621. The summed E-state index contributed by atoms with van der Waals surface area (Å²) in [4.78, 5) is 11.3. The van der Waals surface area contributed by atoms with Gasteiger partial charge in [-0.05, 0) is 18.4 Å². The minimum absolute atomic E-state index is 0.154. The van der Waals surface area contributed by atoms with Crippen LogP contribution in [-0.2, 0) is 0 Å². The molecule has 12 heavy (non-hydrogen) atoms. The predicted octanol–water partition coefficient (Wildman–Crippen LogP) is 2.03. The van der Waals surface area contributed by atoms with Gasteiger partial charge < -0.3 is 0 Å². The summed E-state index contributed by atoms with van der Waals surface area (Å²) < 4.78 is 0. The van der Waals surface area contributed by atoms with Gasteiger partial charge in [0.1, 0.15) is 5.69 Å². The molecule has 0 saturated carbocycles. The van der Waals surface area contributed by atoms with Crippen molar-refractivity contribution in [3.05, 3.63) is 18.0 Å². The molecule has 3 heteroatoms. The van der Waals surface area contributed by atoms with Crippen LogP contribution in [0.3, 0.4) is 0 Å². The van der Waals surface area contributed by atoms with Crippen LogP contribution in [0.1, 0.15) is 37.2 Å². The molecule has 1 aromatic rings. The van der Waals surface area contributed by atoms with Gasteiger partial charge in [0.25, 0.3) is 0 Å². The Morgan fingerprint density at radius 1 is 1.67 bits per heavy atom. The molecular weight excluding hydrogens is 152 g/mol. The van der Waals surface area contributed by atoms with Gasteiger partial charge in [0.15, 0.2) is 5.78 Å². The van der Waals surface area contributed by atoms with E-state index >= 15 is 0 Å². The topological polar surface area (TPSA) is 45.8 Å². The zero-order valence-electron chi connectivity index (χ0n) is 7.50. The third-order valence-corrected chi connectivity index (χ3v) is 1.75. The van der Waals surface area contributed by atoms with Gasteiger partial charge in [-0.25, -0.2) is 0 Å². The number of H-pyrrole nitrogens is 1. The van der Waals surface area contributed by atoms with E-state index in [2.05, 4.69) is 24.0 Å². The minimum Gasteiger partial charge on any atom is -0.292 e. The molecule has 0 aliphatic rings. The fourth-order valence-electron chi connectivity index (χ4n) is 0.966. The summed E-state index contributed by atoms with van der Waals surface area (Å²) >= 11 is 0. The maximum Gasteiger partial charge on any atom is 0.180 e. The Bertz CT molecular complexity index is 239. The normalized spacial score (nSPS) is 10.6. The maximum atomic E-state index is 11.3. The Balaban J connectivity index is 2.40. The zero-order chi connectivity index (χ0) is 8.97. The summed E-state index contributed by atoms with van der Waals surface area (Å²) in [6.45, 7) is 4.22. The summed E-state index contributed by atoms with van der Waals surface area (Å²) in [6, 6.07) is 1.71. The third kappa shape index (κ3) is 2.49. The van der Waals surface area contributed by atoms with Crippen LogP contribution in [0.5, 0.6) is 0 Å².